The standard InChI is InChI=1S/C13H15Cl/c14-12-7-10-5-1-3-9-4-2-6-11(8-12)13(9)10/h7-9H,1-6H2. The van der Waals surface area contributed by atoms with Crippen LogP contribution in [0, 0.1) is 0 Å². The monoisotopic (exact) mass is 206 g/mol. The van der Waals surface area contributed by atoms with Gasteiger partial charge in [-0.2, -0.15) is 0 Å². The topological polar surface area (TPSA) is 0 Å². The summed E-state index contributed by atoms with van der Waals surface area (Å²) in [6.45, 7) is 0. The number of halogens is 1. The van der Waals surface area contributed by atoms with Crippen molar-refractivity contribution in [3.05, 3.63) is 33.8 Å². The summed E-state index contributed by atoms with van der Waals surface area (Å²) in [6.07, 6.45) is 8.02. The highest BCUT2D eigenvalue weighted by molar-refractivity contribution is 6.30. The molecule has 0 aromatic heterocycles. The van der Waals surface area contributed by atoms with E-state index in [1.807, 2.05) is 0 Å². The maximum atomic E-state index is 6.13. The molecular weight excluding hydrogens is 192 g/mol. The Morgan fingerprint density at radius 1 is 1.00 bits per heavy atom. The van der Waals surface area contributed by atoms with Crippen molar-refractivity contribution in [3.8, 4) is 0 Å². The molecule has 0 spiro atoms. The second-order valence-corrected chi connectivity index (χ2v) is 5.06. The van der Waals surface area contributed by atoms with E-state index in [1.165, 1.54) is 38.5 Å². The molecule has 0 saturated carbocycles. The molecule has 2 aliphatic carbocycles. The molecule has 1 aromatic carbocycles. The molecule has 0 atom stereocenters. The predicted molar refractivity (Wildman–Crippen MR) is 60.1 cm³/mol. The smallest absolute Gasteiger partial charge is 0.0411 e. The normalized spacial score (nSPS) is 20.6. The molecule has 0 saturated heterocycles. The first-order valence-corrected chi connectivity index (χ1v) is 6.03. The van der Waals surface area contributed by atoms with E-state index in [4.69, 9.17) is 11.6 Å². The van der Waals surface area contributed by atoms with Crippen LogP contribution in [0.1, 0.15) is 48.3 Å². The van der Waals surface area contributed by atoms with Crippen LogP contribution in [0.4, 0.5) is 0 Å². The number of hydrogen-bond donors (Lipinski definition) is 0. The summed E-state index contributed by atoms with van der Waals surface area (Å²) in [4.78, 5) is 0. The van der Waals surface area contributed by atoms with Gasteiger partial charge in [0.2, 0.25) is 0 Å². The third-order valence-corrected chi connectivity index (χ3v) is 3.94. The lowest BCUT2D eigenvalue weighted by atomic mass is 9.73. The van der Waals surface area contributed by atoms with Crippen LogP contribution in [-0.2, 0) is 12.8 Å². The van der Waals surface area contributed by atoms with E-state index in [2.05, 4.69) is 12.1 Å². The van der Waals surface area contributed by atoms with Crippen LogP contribution in [0.25, 0.3) is 0 Å². The van der Waals surface area contributed by atoms with E-state index in [0.29, 0.717) is 0 Å². The van der Waals surface area contributed by atoms with E-state index in [1.54, 1.807) is 16.7 Å². The van der Waals surface area contributed by atoms with Crippen molar-refractivity contribution in [1.82, 2.24) is 0 Å². The number of aryl methyl sites for hydroxylation is 2. The Morgan fingerprint density at radius 3 is 2.14 bits per heavy atom. The van der Waals surface area contributed by atoms with Crippen LogP contribution in [0.2, 0.25) is 5.02 Å². The molecule has 3 rings (SSSR count). The molecule has 0 bridgehead atoms. The van der Waals surface area contributed by atoms with Gasteiger partial charge in [0, 0.05) is 5.02 Å². The van der Waals surface area contributed by atoms with Gasteiger partial charge in [0.25, 0.3) is 0 Å². The highest BCUT2D eigenvalue weighted by atomic mass is 35.5. The zero-order chi connectivity index (χ0) is 9.54. The molecule has 74 valence electrons. The lowest BCUT2D eigenvalue weighted by molar-refractivity contribution is 0.476. The summed E-state index contributed by atoms with van der Waals surface area (Å²) < 4.78 is 0. The first-order valence-electron chi connectivity index (χ1n) is 5.66. The van der Waals surface area contributed by atoms with E-state index >= 15 is 0 Å². The summed E-state index contributed by atoms with van der Waals surface area (Å²) in [6, 6.07) is 4.38. The molecule has 2 aliphatic rings. The largest absolute Gasteiger partial charge is 0.0843 e. The highest BCUT2D eigenvalue weighted by Gasteiger charge is 2.26. The minimum Gasteiger partial charge on any atom is -0.0843 e. The fourth-order valence-corrected chi connectivity index (χ4v) is 3.45. The van der Waals surface area contributed by atoms with Crippen LogP contribution in [-0.4, -0.2) is 0 Å². The van der Waals surface area contributed by atoms with E-state index in [-0.39, 0.29) is 0 Å². The highest BCUT2D eigenvalue weighted by Crippen LogP contribution is 2.42. The van der Waals surface area contributed by atoms with Crippen molar-refractivity contribution in [1.29, 1.82) is 0 Å². The maximum Gasteiger partial charge on any atom is 0.0411 e. The van der Waals surface area contributed by atoms with Gasteiger partial charge in [-0.1, -0.05) is 11.6 Å². The molecule has 0 amide bonds. The van der Waals surface area contributed by atoms with Crippen molar-refractivity contribution in [2.75, 3.05) is 0 Å². The Balaban J connectivity index is 2.20. The molecule has 0 radical (unpaired) electrons. The van der Waals surface area contributed by atoms with E-state index < -0.39 is 0 Å². The van der Waals surface area contributed by atoms with Gasteiger partial charge < -0.3 is 0 Å². The van der Waals surface area contributed by atoms with Gasteiger partial charge in [0.1, 0.15) is 0 Å². The van der Waals surface area contributed by atoms with Gasteiger partial charge in [0.05, 0.1) is 0 Å². The molecule has 0 aliphatic heterocycles. The van der Waals surface area contributed by atoms with Crippen LogP contribution in [0.15, 0.2) is 12.1 Å². The van der Waals surface area contributed by atoms with Gasteiger partial charge in [-0.25, -0.2) is 0 Å². The van der Waals surface area contributed by atoms with Crippen molar-refractivity contribution >= 4 is 11.6 Å². The molecule has 14 heavy (non-hydrogen) atoms. The zero-order valence-corrected chi connectivity index (χ0v) is 9.11. The number of benzene rings is 1. The Kier molecular flexibility index (Phi) is 2.05. The molecule has 0 fully saturated rings. The fourth-order valence-electron chi connectivity index (χ4n) is 3.19. The van der Waals surface area contributed by atoms with Crippen molar-refractivity contribution in [2.45, 2.75) is 44.4 Å². The third kappa shape index (κ3) is 1.28. The van der Waals surface area contributed by atoms with Gasteiger partial charge in [-0.3, -0.25) is 0 Å². The van der Waals surface area contributed by atoms with Crippen molar-refractivity contribution in [2.24, 2.45) is 0 Å². The van der Waals surface area contributed by atoms with Gasteiger partial charge >= 0.3 is 0 Å². The van der Waals surface area contributed by atoms with Crippen molar-refractivity contribution in [3.63, 3.8) is 0 Å². The van der Waals surface area contributed by atoms with Gasteiger partial charge in [0.15, 0.2) is 0 Å². The van der Waals surface area contributed by atoms with Crippen LogP contribution in [0.3, 0.4) is 0 Å². The van der Waals surface area contributed by atoms with Crippen LogP contribution in [0.5, 0.6) is 0 Å². The zero-order valence-electron chi connectivity index (χ0n) is 8.35. The third-order valence-electron chi connectivity index (χ3n) is 3.72. The second kappa shape index (κ2) is 3.27. The number of hydrogen-bond acceptors (Lipinski definition) is 0. The SMILES string of the molecule is Clc1cc2c3c(c1)CCCC3CCC2. The molecule has 1 aromatic rings. The maximum absolute atomic E-state index is 6.13. The lowest BCUT2D eigenvalue weighted by Gasteiger charge is -2.32. The average Bonchev–Trinajstić information content (AvgIpc) is 2.18. The van der Waals surface area contributed by atoms with E-state index in [0.717, 1.165) is 10.9 Å². The molecule has 0 nitrogen and oxygen atoms in total. The second-order valence-electron chi connectivity index (χ2n) is 4.62. The first kappa shape index (κ1) is 8.79. The summed E-state index contributed by atoms with van der Waals surface area (Å²) >= 11 is 6.13. The quantitative estimate of drug-likeness (QED) is 0.600. The molecule has 0 unspecified atom stereocenters. The first-order chi connectivity index (χ1) is 6.84. The number of rotatable bonds is 0. The average molecular weight is 207 g/mol. The van der Waals surface area contributed by atoms with Gasteiger partial charge in [-0.15, -0.1) is 0 Å². The minimum absolute atomic E-state index is 0.861. The van der Waals surface area contributed by atoms with E-state index in [9.17, 15) is 0 Å². The molecule has 0 heterocycles. The Labute approximate surface area is 90.3 Å². The molecule has 0 N–H and O–H groups in total. The Bertz CT molecular complexity index is 336. The predicted octanol–water partition coefficient (Wildman–Crippen LogP) is 4.10. The Hall–Kier alpha value is -0.490. The fraction of sp³-hybridized carbons (Fsp3) is 0.538. The van der Waals surface area contributed by atoms with Crippen molar-refractivity contribution < 1.29 is 0 Å². The van der Waals surface area contributed by atoms with Crippen LogP contribution < -0.4 is 0 Å². The Morgan fingerprint density at radius 2 is 1.57 bits per heavy atom. The van der Waals surface area contributed by atoms with Crippen LogP contribution >= 0.6 is 11.6 Å². The molecular formula is C13H15Cl. The summed E-state index contributed by atoms with van der Waals surface area (Å²) in [5.41, 5.74) is 4.76. The summed E-state index contributed by atoms with van der Waals surface area (Å²) in [5.74, 6) is 0.861. The lowest BCUT2D eigenvalue weighted by Crippen LogP contribution is -2.17. The summed E-state index contributed by atoms with van der Waals surface area (Å²) in [5, 5.41) is 0.946. The summed E-state index contributed by atoms with van der Waals surface area (Å²) in [7, 11) is 0. The van der Waals surface area contributed by atoms with Gasteiger partial charge in [-0.05, 0) is 73.3 Å². The molecule has 1 heteroatoms. The minimum atomic E-state index is 0.861.